The summed E-state index contributed by atoms with van der Waals surface area (Å²) in [6.07, 6.45) is 3.48. The average molecular weight is 320 g/mol. The number of fused-ring (bicyclic) bond motifs is 1. The van der Waals surface area contributed by atoms with Gasteiger partial charge in [0.1, 0.15) is 11.8 Å². The maximum Gasteiger partial charge on any atom is 0.157 e. The van der Waals surface area contributed by atoms with Crippen molar-refractivity contribution in [3.63, 3.8) is 0 Å². The van der Waals surface area contributed by atoms with E-state index in [0.29, 0.717) is 5.15 Å². The van der Waals surface area contributed by atoms with Gasteiger partial charge in [0, 0.05) is 17.3 Å². The molecule has 0 aliphatic heterocycles. The molecule has 4 heteroatoms. The molecular weight excluding hydrogens is 306 g/mol. The molecule has 4 rings (SSSR count). The molecule has 2 aromatic heterocycles. The number of nitrogens with zero attached hydrogens (tertiary/aromatic N) is 3. The fourth-order valence-corrected chi connectivity index (χ4v) is 3.05. The Morgan fingerprint density at radius 3 is 2.39 bits per heavy atom. The lowest BCUT2D eigenvalue weighted by Crippen LogP contribution is -1.92. The third-order valence-electron chi connectivity index (χ3n) is 3.95. The molecule has 0 radical (unpaired) electrons. The number of benzene rings is 2. The van der Waals surface area contributed by atoms with Crippen LogP contribution in [0.2, 0.25) is 5.15 Å². The second-order valence-electron chi connectivity index (χ2n) is 5.49. The number of aromatic nitrogens is 3. The Balaban J connectivity index is 2.08. The molecular formula is C19H14ClN3. The minimum atomic E-state index is 0.456. The third kappa shape index (κ3) is 2.39. The SMILES string of the molecule is Cc1ccc(-c2c(-c3ccccc3)cn3ncnc(Cl)c23)cc1. The van der Waals surface area contributed by atoms with E-state index in [1.54, 1.807) is 4.52 Å². The summed E-state index contributed by atoms with van der Waals surface area (Å²) in [5.41, 5.74) is 6.44. The number of hydrogen-bond donors (Lipinski definition) is 0. The van der Waals surface area contributed by atoms with Crippen molar-refractivity contribution in [1.82, 2.24) is 14.6 Å². The van der Waals surface area contributed by atoms with Gasteiger partial charge in [0.25, 0.3) is 0 Å². The molecule has 0 aliphatic rings. The maximum atomic E-state index is 6.37. The Bertz CT molecular complexity index is 973. The molecule has 2 heterocycles. The molecule has 0 N–H and O–H groups in total. The van der Waals surface area contributed by atoms with E-state index in [4.69, 9.17) is 11.6 Å². The number of halogens is 1. The van der Waals surface area contributed by atoms with Crippen molar-refractivity contribution in [2.24, 2.45) is 0 Å². The van der Waals surface area contributed by atoms with Crippen LogP contribution in [-0.4, -0.2) is 14.6 Å². The molecule has 0 unspecified atom stereocenters. The van der Waals surface area contributed by atoms with Crippen molar-refractivity contribution in [2.75, 3.05) is 0 Å². The van der Waals surface area contributed by atoms with Gasteiger partial charge >= 0.3 is 0 Å². The molecule has 3 nitrogen and oxygen atoms in total. The first-order chi connectivity index (χ1) is 11.2. The molecule has 0 aliphatic carbocycles. The highest BCUT2D eigenvalue weighted by molar-refractivity contribution is 6.33. The predicted octanol–water partition coefficient (Wildman–Crippen LogP) is 5.03. The standard InChI is InChI=1S/C19H14ClN3/c1-13-7-9-15(10-8-13)17-16(14-5-3-2-4-6-14)11-23-18(17)19(20)21-12-22-23/h2-12H,1H3. The van der Waals surface area contributed by atoms with E-state index in [1.807, 2.05) is 24.4 Å². The monoisotopic (exact) mass is 319 g/mol. The minimum Gasteiger partial charge on any atom is -0.235 e. The molecule has 0 amide bonds. The molecule has 4 aromatic rings. The molecule has 0 saturated carbocycles. The number of rotatable bonds is 2. The second-order valence-corrected chi connectivity index (χ2v) is 5.85. The van der Waals surface area contributed by atoms with E-state index >= 15 is 0 Å². The van der Waals surface area contributed by atoms with Crippen molar-refractivity contribution >= 4 is 17.1 Å². The van der Waals surface area contributed by atoms with Crippen molar-refractivity contribution in [3.05, 3.63) is 77.8 Å². The summed E-state index contributed by atoms with van der Waals surface area (Å²) < 4.78 is 1.80. The second kappa shape index (κ2) is 5.52. The Labute approximate surface area is 139 Å². The Kier molecular flexibility index (Phi) is 3.36. The largest absolute Gasteiger partial charge is 0.235 e. The van der Waals surface area contributed by atoms with Crippen LogP contribution in [0.1, 0.15) is 5.56 Å². The van der Waals surface area contributed by atoms with E-state index in [1.165, 1.54) is 11.9 Å². The fourth-order valence-electron chi connectivity index (χ4n) is 2.82. The van der Waals surface area contributed by atoms with E-state index < -0.39 is 0 Å². The zero-order chi connectivity index (χ0) is 15.8. The molecule has 0 saturated heterocycles. The third-order valence-corrected chi connectivity index (χ3v) is 4.23. The maximum absolute atomic E-state index is 6.37. The van der Waals surface area contributed by atoms with Crippen LogP contribution >= 0.6 is 11.6 Å². The molecule has 112 valence electrons. The van der Waals surface area contributed by atoms with Gasteiger partial charge in [-0.3, -0.25) is 0 Å². The lowest BCUT2D eigenvalue weighted by molar-refractivity contribution is 0.904. The lowest BCUT2D eigenvalue weighted by atomic mass is 9.97. The summed E-state index contributed by atoms with van der Waals surface area (Å²) in [6.45, 7) is 2.08. The van der Waals surface area contributed by atoms with Crippen molar-refractivity contribution in [1.29, 1.82) is 0 Å². The number of aryl methyl sites for hydroxylation is 1. The van der Waals surface area contributed by atoms with Gasteiger partial charge < -0.3 is 0 Å². The van der Waals surface area contributed by atoms with Gasteiger partial charge in [0.2, 0.25) is 0 Å². The van der Waals surface area contributed by atoms with Crippen LogP contribution in [-0.2, 0) is 0 Å². The molecule has 0 spiro atoms. The van der Waals surface area contributed by atoms with E-state index in [2.05, 4.69) is 53.4 Å². The summed E-state index contributed by atoms with van der Waals surface area (Å²) in [5.74, 6) is 0. The summed E-state index contributed by atoms with van der Waals surface area (Å²) in [4.78, 5) is 4.15. The van der Waals surface area contributed by atoms with Crippen molar-refractivity contribution < 1.29 is 0 Å². The highest BCUT2D eigenvalue weighted by Gasteiger charge is 2.17. The normalized spacial score (nSPS) is 11.0. The zero-order valence-electron chi connectivity index (χ0n) is 12.6. The topological polar surface area (TPSA) is 30.2 Å². The van der Waals surface area contributed by atoms with Gasteiger partial charge in [-0.15, -0.1) is 0 Å². The molecule has 0 bridgehead atoms. The van der Waals surface area contributed by atoms with Crippen molar-refractivity contribution in [2.45, 2.75) is 6.92 Å². The first-order valence-corrected chi connectivity index (χ1v) is 7.76. The van der Waals surface area contributed by atoms with Crippen LogP contribution in [0.15, 0.2) is 67.1 Å². The summed E-state index contributed by atoms with van der Waals surface area (Å²) in [5, 5.41) is 4.77. The quantitative estimate of drug-likeness (QED) is 0.519. The van der Waals surface area contributed by atoms with E-state index in [0.717, 1.165) is 27.8 Å². The van der Waals surface area contributed by atoms with Crippen LogP contribution in [0.3, 0.4) is 0 Å². The van der Waals surface area contributed by atoms with E-state index in [9.17, 15) is 0 Å². The van der Waals surface area contributed by atoms with Crippen LogP contribution in [0.5, 0.6) is 0 Å². The predicted molar refractivity (Wildman–Crippen MR) is 93.6 cm³/mol. The van der Waals surface area contributed by atoms with Gasteiger partial charge in [-0.25, -0.2) is 9.50 Å². The summed E-state index contributed by atoms with van der Waals surface area (Å²) >= 11 is 6.37. The summed E-state index contributed by atoms with van der Waals surface area (Å²) in [7, 11) is 0. The van der Waals surface area contributed by atoms with Crippen molar-refractivity contribution in [3.8, 4) is 22.3 Å². The zero-order valence-corrected chi connectivity index (χ0v) is 13.3. The minimum absolute atomic E-state index is 0.456. The van der Waals surface area contributed by atoms with Crippen LogP contribution in [0, 0.1) is 6.92 Å². The highest BCUT2D eigenvalue weighted by Crippen LogP contribution is 2.38. The number of hydrogen-bond acceptors (Lipinski definition) is 2. The van der Waals surface area contributed by atoms with Gasteiger partial charge in [-0.05, 0) is 18.1 Å². The summed E-state index contributed by atoms with van der Waals surface area (Å²) in [6, 6.07) is 18.7. The highest BCUT2D eigenvalue weighted by atomic mass is 35.5. The molecule has 0 fully saturated rings. The van der Waals surface area contributed by atoms with Crippen LogP contribution < -0.4 is 0 Å². The molecule has 23 heavy (non-hydrogen) atoms. The first kappa shape index (κ1) is 14.0. The molecule has 0 atom stereocenters. The fraction of sp³-hybridized carbons (Fsp3) is 0.0526. The van der Waals surface area contributed by atoms with Crippen LogP contribution in [0.25, 0.3) is 27.8 Å². The van der Waals surface area contributed by atoms with Crippen LogP contribution in [0.4, 0.5) is 0 Å². The smallest absolute Gasteiger partial charge is 0.157 e. The Morgan fingerprint density at radius 2 is 1.65 bits per heavy atom. The van der Waals surface area contributed by atoms with Gasteiger partial charge in [0.15, 0.2) is 5.15 Å². The Morgan fingerprint density at radius 1 is 0.913 bits per heavy atom. The molecule has 2 aromatic carbocycles. The first-order valence-electron chi connectivity index (χ1n) is 7.38. The van der Waals surface area contributed by atoms with Gasteiger partial charge in [0.05, 0.1) is 0 Å². The van der Waals surface area contributed by atoms with E-state index in [-0.39, 0.29) is 0 Å². The Hall–Kier alpha value is -2.65. The van der Waals surface area contributed by atoms with Gasteiger partial charge in [-0.1, -0.05) is 71.8 Å². The average Bonchev–Trinajstić information content (AvgIpc) is 2.97. The lowest BCUT2D eigenvalue weighted by Gasteiger charge is -2.06. The van der Waals surface area contributed by atoms with Gasteiger partial charge in [-0.2, -0.15) is 5.10 Å².